The largest absolute Gasteiger partial charge is 0.455 e. The molecule has 2 bridgehead atoms. The number of fused-ring (bicyclic) bond motifs is 1. The van der Waals surface area contributed by atoms with E-state index in [0.29, 0.717) is 28.3 Å². The Morgan fingerprint density at radius 3 is 2.28 bits per heavy atom. The minimum absolute atomic E-state index is 0.0687. The number of likely N-dealkylation sites (tertiary alicyclic amines) is 1. The molecule has 3 aromatic rings. The molecule has 12 heteroatoms. The van der Waals surface area contributed by atoms with E-state index in [-0.39, 0.29) is 25.3 Å². The van der Waals surface area contributed by atoms with Crippen LogP contribution in [0.15, 0.2) is 110 Å². The van der Waals surface area contributed by atoms with E-state index in [4.69, 9.17) is 21.1 Å². The van der Waals surface area contributed by atoms with Crippen molar-refractivity contribution in [1.29, 1.82) is 0 Å². The first-order valence-electron chi connectivity index (χ1n) is 18.1. The SMILES string of the molecule is C=CCCC(=O)N(C)[C@@H](C)[C@@H](OC(=O)[C@H]1[C@@H]2O[C@@]3(CC2Br)[C@@H]1C(=O)N([C@H](CO)c1ccccc1)[C@@H]3C(=O)N(CC=C)c1ccccc1Cl)c1ccccc1. The summed E-state index contributed by atoms with van der Waals surface area (Å²) >= 11 is 10.4. The van der Waals surface area contributed by atoms with Crippen molar-refractivity contribution in [3.05, 3.63) is 126 Å². The number of alkyl halides is 1. The van der Waals surface area contributed by atoms with Crippen LogP contribution in [0, 0.1) is 11.8 Å². The average molecular weight is 819 g/mol. The van der Waals surface area contributed by atoms with E-state index in [1.54, 1.807) is 72.6 Å². The van der Waals surface area contributed by atoms with Gasteiger partial charge >= 0.3 is 5.97 Å². The fourth-order valence-corrected chi connectivity index (χ4v) is 9.54. The lowest BCUT2D eigenvalue weighted by Crippen LogP contribution is -2.57. The van der Waals surface area contributed by atoms with Crippen molar-refractivity contribution >= 4 is 56.9 Å². The number of hydrogen-bond acceptors (Lipinski definition) is 7. The van der Waals surface area contributed by atoms with E-state index in [1.807, 2.05) is 43.3 Å². The zero-order valence-electron chi connectivity index (χ0n) is 30.3. The summed E-state index contributed by atoms with van der Waals surface area (Å²) in [5, 5.41) is 11.3. The molecule has 1 unspecified atom stereocenters. The van der Waals surface area contributed by atoms with E-state index in [0.717, 1.165) is 0 Å². The summed E-state index contributed by atoms with van der Waals surface area (Å²) in [7, 11) is 1.67. The summed E-state index contributed by atoms with van der Waals surface area (Å²) in [6, 6.07) is 22.3. The molecule has 3 aromatic carbocycles. The normalized spacial score (nSPS) is 25.7. The van der Waals surface area contributed by atoms with Gasteiger partial charge in [-0.25, -0.2) is 0 Å². The third-order valence-electron chi connectivity index (χ3n) is 11.0. The highest BCUT2D eigenvalue weighted by molar-refractivity contribution is 9.09. The third-order valence-corrected chi connectivity index (χ3v) is 12.2. The van der Waals surface area contributed by atoms with Crippen LogP contribution in [0.5, 0.6) is 0 Å². The first-order valence-corrected chi connectivity index (χ1v) is 19.4. The van der Waals surface area contributed by atoms with Crippen molar-refractivity contribution < 1.29 is 33.8 Å². The number of aliphatic hydroxyl groups is 1. The molecule has 0 saturated carbocycles. The van der Waals surface area contributed by atoms with Gasteiger partial charge in [0.15, 0.2) is 0 Å². The smallest absolute Gasteiger partial charge is 0.313 e. The molecule has 284 valence electrons. The summed E-state index contributed by atoms with van der Waals surface area (Å²) in [4.78, 5) is 62.1. The number of carbonyl (C=O) groups is 4. The number of halogens is 2. The van der Waals surface area contributed by atoms with Crippen LogP contribution in [0.25, 0.3) is 0 Å². The number of para-hydroxylation sites is 1. The molecule has 3 saturated heterocycles. The minimum atomic E-state index is -1.47. The quantitative estimate of drug-likeness (QED) is 0.107. The molecule has 54 heavy (non-hydrogen) atoms. The van der Waals surface area contributed by atoms with Gasteiger partial charge in [0.05, 0.1) is 47.3 Å². The molecular formula is C42H45BrClN3O7. The Morgan fingerprint density at radius 1 is 1.04 bits per heavy atom. The van der Waals surface area contributed by atoms with Gasteiger partial charge in [0.25, 0.3) is 5.91 Å². The van der Waals surface area contributed by atoms with Crippen molar-refractivity contribution in [2.45, 2.75) is 66.9 Å². The van der Waals surface area contributed by atoms with Crippen LogP contribution in [0.2, 0.25) is 5.02 Å². The van der Waals surface area contributed by atoms with Crippen LogP contribution in [-0.2, 0) is 28.7 Å². The molecule has 3 aliphatic rings. The fraction of sp³-hybridized carbons (Fsp3) is 0.381. The summed E-state index contributed by atoms with van der Waals surface area (Å²) in [5.74, 6) is -4.04. The highest BCUT2D eigenvalue weighted by Gasteiger charge is 2.78. The van der Waals surface area contributed by atoms with Gasteiger partial charge in [-0.05, 0) is 43.0 Å². The average Bonchev–Trinajstić information content (AvgIpc) is 3.78. The number of rotatable bonds is 15. The van der Waals surface area contributed by atoms with Gasteiger partial charge in [0.1, 0.15) is 17.7 Å². The molecule has 3 aliphatic heterocycles. The first-order chi connectivity index (χ1) is 26.0. The number of anilines is 1. The Morgan fingerprint density at radius 2 is 1.67 bits per heavy atom. The number of likely N-dealkylation sites (N-methyl/N-ethyl adjacent to an activating group) is 1. The topological polar surface area (TPSA) is 117 Å². The molecule has 3 amide bonds. The van der Waals surface area contributed by atoms with Crippen molar-refractivity contribution in [2.24, 2.45) is 11.8 Å². The van der Waals surface area contributed by atoms with E-state index >= 15 is 9.59 Å². The number of nitrogens with zero attached hydrogens (tertiary/aromatic N) is 3. The Balaban J connectivity index is 1.43. The van der Waals surface area contributed by atoms with Crippen LogP contribution in [0.4, 0.5) is 5.69 Å². The molecule has 3 heterocycles. The lowest BCUT2D eigenvalue weighted by Gasteiger charge is -2.39. The number of amides is 3. The number of aliphatic hydroxyl groups excluding tert-OH is 1. The predicted molar refractivity (Wildman–Crippen MR) is 210 cm³/mol. The second-order valence-electron chi connectivity index (χ2n) is 14.0. The highest BCUT2D eigenvalue weighted by atomic mass is 79.9. The lowest BCUT2D eigenvalue weighted by molar-refractivity contribution is -0.165. The van der Waals surface area contributed by atoms with Crippen molar-refractivity contribution in [3.63, 3.8) is 0 Å². The zero-order chi connectivity index (χ0) is 38.7. The van der Waals surface area contributed by atoms with E-state index < -0.39 is 77.0 Å². The number of ether oxygens (including phenoxy) is 2. The maximum atomic E-state index is 15.2. The van der Waals surface area contributed by atoms with Crippen molar-refractivity contribution in [3.8, 4) is 0 Å². The highest BCUT2D eigenvalue weighted by Crippen LogP contribution is 2.62. The Labute approximate surface area is 329 Å². The van der Waals surface area contributed by atoms with Gasteiger partial charge in [0.2, 0.25) is 11.8 Å². The molecule has 3 fully saturated rings. The van der Waals surface area contributed by atoms with Gasteiger partial charge in [-0.2, -0.15) is 0 Å². The molecule has 0 aromatic heterocycles. The monoisotopic (exact) mass is 817 g/mol. The summed E-state index contributed by atoms with van der Waals surface area (Å²) < 4.78 is 13.2. The van der Waals surface area contributed by atoms with Crippen LogP contribution in [0.1, 0.15) is 49.5 Å². The van der Waals surface area contributed by atoms with Crippen LogP contribution in [-0.4, -0.2) is 87.4 Å². The summed E-state index contributed by atoms with van der Waals surface area (Å²) in [6.07, 6.45) is 2.54. The second-order valence-corrected chi connectivity index (χ2v) is 15.6. The van der Waals surface area contributed by atoms with Crippen LogP contribution in [0.3, 0.4) is 0 Å². The Hall–Kier alpha value is -4.29. The predicted octanol–water partition coefficient (Wildman–Crippen LogP) is 6.44. The molecule has 0 aliphatic carbocycles. The van der Waals surface area contributed by atoms with E-state index in [9.17, 15) is 14.7 Å². The zero-order valence-corrected chi connectivity index (χ0v) is 32.6. The molecular weight excluding hydrogens is 774 g/mol. The number of carbonyl (C=O) groups excluding carboxylic acids is 4. The molecule has 6 rings (SSSR count). The fourth-order valence-electron chi connectivity index (χ4n) is 8.36. The summed E-state index contributed by atoms with van der Waals surface area (Å²) in [6.45, 7) is 8.98. The van der Waals surface area contributed by atoms with Gasteiger partial charge in [-0.3, -0.25) is 19.2 Å². The summed E-state index contributed by atoms with van der Waals surface area (Å²) in [5.41, 5.74) is 0.237. The minimum Gasteiger partial charge on any atom is -0.455 e. The first kappa shape index (κ1) is 39.4. The van der Waals surface area contributed by atoms with Crippen molar-refractivity contribution in [1.82, 2.24) is 9.80 Å². The van der Waals surface area contributed by atoms with Gasteiger partial charge in [0, 0.05) is 24.8 Å². The number of allylic oxidation sites excluding steroid dienone is 1. The number of hydrogen-bond donors (Lipinski definition) is 1. The molecule has 0 radical (unpaired) electrons. The van der Waals surface area contributed by atoms with Crippen LogP contribution < -0.4 is 4.90 Å². The maximum absolute atomic E-state index is 15.2. The molecule has 1 N–H and O–H groups in total. The standard InChI is InChI=1S/C42H45BrClN3O7/c1-5-7-22-33(49)45(4)26(3)36(28-18-12-9-13-19-28)53-41(52)34-35-39(50)47(32(25-48)27-16-10-8-11-17-27)38(42(35)24-29(43)37(34)54-42)40(51)46(23-6-2)31-21-15-14-20-30(31)44/h5-6,8-21,26,29,32,34-38,48H,1-2,7,22-25H2,3-4H3/t26-,29?,32+,34+,35-,36+,37+,38+,42-/m0/s1. The molecule has 10 nitrogen and oxygen atoms in total. The Kier molecular flexibility index (Phi) is 12.1. The second kappa shape index (κ2) is 16.6. The molecule has 1 spiro atoms. The maximum Gasteiger partial charge on any atom is 0.313 e. The molecule has 9 atom stereocenters. The lowest BCUT2D eigenvalue weighted by atomic mass is 9.70. The van der Waals surface area contributed by atoms with Gasteiger partial charge < -0.3 is 29.3 Å². The third kappa shape index (κ3) is 7.03. The number of esters is 1. The van der Waals surface area contributed by atoms with E-state index in [1.165, 1.54) is 9.80 Å². The van der Waals surface area contributed by atoms with Crippen LogP contribution >= 0.6 is 27.5 Å². The number of benzene rings is 3. The Bertz CT molecular complexity index is 1880. The van der Waals surface area contributed by atoms with Gasteiger partial charge in [-0.1, -0.05) is 112 Å². The van der Waals surface area contributed by atoms with Crippen molar-refractivity contribution in [2.75, 3.05) is 25.1 Å². The van der Waals surface area contributed by atoms with E-state index in [2.05, 4.69) is 29.1 Å². The van der Waals surface area contributed by atoms with Gasteiger partial charge in [-0.15, -0.1) is 13.2 Å².